The molecule has 1 aromatic heterocycles. The van der Waals surface area contributed by atoms with E-state index in [-0.39, 0.29) is 0 Å². The average Bonchev–Trinajstić information content (AvgIpc) is 2.92. The Hall–Kier alpha value is -1.94. The Balaban J connectivity index is 1.65. The number of furan rings is 1. The van der Waals surface area contributed by atoms with Crippen molar-refractivity contribution in [2.45, 2.75) is 6.54 Å². The second-order valence-corrected chi connectivity index (χ2v) is 3.91. The zero-order valence-electron chi connectivity index (χ0n) is 10.5. The molecule has 0 spiro atoms. The Bertz CT molecular complexity index is 455. The summed E-state index contributed by atoms with van der Waals surface area (Å²) in [5, 5.41) is 6.63. The quantitative estimate of drug-likeness (QED) is 0.737. The Morgan fingerprint density at radius 2 is 2.11 bits per heavy atom. The summed E-state index contributed by atoms with van der Waals surface area (Å²) in [7, 11) is 1.67. The van der Waals surface area contributed by atoms with Crippen molar-refractivity contribution in [2.24, 2.45) is 0 Å². The van der Waals surface area contributed by atoms with E-state index >= 15 is 0 Å². The molecule has 0 unspecified atom stereocenters. The van der Waals surface area contributed by atoms with Crippen LogP contribution in [-0.2, 0) is 6.54 Å². The topological polar surface area (TPSA) is 46.4 Å². The van der Waals surface area contributed by atoms with E-state index in [1.54, 1.807) is 13.4 Å². The van der Waals surface area contributed by atoms with Crippen molar-refractivity contribution in [3.63, 3.8) is 0 Å². The molecule has 0 saturated heterocycles. The minimum Gasteiger partial charge on any atom is -0.497 e. The van der Waals surface area contributed by atoms with Crippen LogP contribution < -0.4 is 15.4 Å². The summed E-state index contributed by atoms with van der Waals surface area (Å²) in [6.07, 6.45) is 1.69. The third-order valence-corrected chi connectivity index (χ3v) is 2.58. The minimum atomic E-state index is 0.757. The highest BCUT2D eigenvalue weighted by Gasteiger charge is 1.96. The first kappa shape index (κ1) is 12.5. The maximum absolute atomic E-state index is 5.23. The first-order chi connectivity index (χ1) is 8.88. The molecule has 0 radical (unpaired) electrons. The molecule has 18 heavy (non-hydrogen) atoms. The van der Waals surface area contributed by atoms with Crippen LogP contribution in [-0.4, -0.2) is 20.2 Å². The Morgan fingerprint density at radius 1 is 1.17 bits per heavy atom. The largest absolute Gasteiger partial charge is 0.497 e. The van der Waals surface area contributed by atoms with Gasteiger partial charge in [0, 0.05) is 24.8 Å². The van der Waals surface area contributed by atoms with Gasteiger partial charge in [0.05, 0.1) is 19.9 Å². The molecule has 2 N–H and O–H groups in total. The van der Waals surface area contributed by atoms with Crippen LogP contribution in [0.3, 0.4) is 0 Å². The number of nitrogens with one attached hydrogen (secondary N) is 2. The smallest absolute Gasteiger partial charge is 0.120 e. The molecule has 4 heteroatoms. The maximum Gasteiger partial charge on any atom is 0.120 e. The summed E-state index contributed by atoms with van der Waals surface area (Å²) in [5.74, 6) is 1.82. The van der Waals surface area contributed by atoms with Crippen molar-refractivity contribution in [3.8, 4) is 5.75 Å². The predicted molar refractivity (Wildman–Crippen MR) is 71.9 cm³/mol. The van der Waals surface area contributed by atoms with Crippen molar-refractivity contribution < 1.29 is 9.15 Å². The molecule has 2 aromatic rings. The molecule has 2 rings (SSSR count). The summed E-state index contributed by atoms with van der Waals surface area (Å²) >= 11 is 0. The van der Waals surface area contributed by atoms with E-state index in [1.807, 2.05) is 36.4 Å². The highest BCUT2D eigenvalue weighted by molar-refractivity contribution is 5.48. The molecule has 0 aliphatic carbocycles. The third kappa shape index (κ3) is 3.82. The van der Waals surface area contributed by atoms with Gasteiger partial charge in [-0.15, -0.1) is 0 Å². The van der Waals surface area contributed by atoms with Gasteiger partial charge in [-0.2, -0.15) is 0 Å². The monoisotopic (exact) mass is 246 g/mol. The highest BCUT2D eigenvalue weighted by atomic mass is 16.5. The van der Waals surface area contributed by atoms with Crippen molar-refractivity contribution in [2.75, 3.05) is 25.5 Å². The Morgan fingerprint density at radius 3 is 2.89 bits per heavy atom. The number of methoxy groups -OCH3 is 1. The normalized spacial score (nSPS) is 10.3. The van der Waals surface area contributed by atoms with Crippen molar-refractivity contribution >= 4 is 5.69 Å². The second kappa shape index (κ2) is 6.71. The first-order valence-electron chi connectivity index (χ1n) is 5.99. The van der Waals surface area contributed by atoms with Gasteiger partial charge >= 0.3 is 0 Å². The van der Waals surface area contributed by atoms with Gasteiger partial charge in [-0.3, -0.25) is 0 Å². The summed E-state index contributed by atoms with van der Waals surface area (Å²) in [6, 6.07) is 11.8. The number of rotatable bonds is 7. The number of anilines is 1. The fourth-order valence-corrected chi connectivity index (χ4v) is 1.65. The van der Waals surface area contributed by atoms with Gasteiger partial charge in [0.25, 0.3) is 0 Å². The summed E-state index contributed by atoms with van der Waals surface area (Å²) < 4.78 is 10.4. The van der Waals surface area contributed by atoms with Crippen molar-refractivity contribution in [3.05, 3.63) is 48.4 Å². The number of ether oxygens (including phenoxy) is 1. The van der Waals surface area contributed by atoms with E-state index in [9.17, 15) is 0 Å². The van der Waals surface area contributed by atoms with Crippen LogP contribution in [0.4, 0.5) is 5.69 Å². The lowest BCUT2D eigenvalue weighted by Gasteiger charge is -2.08. The summed E-state index contributed by atoms with van der Waals surface area (Å²) in [5.41, 5.74) is 1.06. The Labute approximate surface area is 107 Å². The van der Waals surface area contributed by atoms with Gasteiger partial charge in [-0.1, -0.05) is 6.07 Å². The molecule has 96 valence electrons. The maximum atomic E-state index is 5.23. The molecule has 0 saturated carbocycles. The molecule has 0 fully saturated rings. The zero-order chi connectivity index (χ0) is 12.6. The number of hydrogen-bond acceptors (Lipinski definition) is 4. The van der Waals surface area contributed by atoms with Crippen molar-refractivity contribution in [1.29, 1.82) is 0 Å². The van der Waals surface area contributed by atoms with Gasteiger partial charge in [-0.05, 0) is 24.3 Å². The molecule has 4 nitrogen and oxygen atoms in total. The molecule has 0 amide bonds. The lowest BCUT2D eigenvalue weighted by atomic mass is 10.3. The van der Waals surface area contributed by atoms with E-state index in [4.69, 9.17) is 9.15 Å². The van der Waals surface area contributed by atoms with E-state index < -0.39 is 0 Å². The minimum absolute atomic E-state index is 0.757. The van der Waals surface area contributed by atoms with Gasteiger partial charge in [0.1, 0.15) is 11.5 Å². The molecule has 0 aliphatic heterocycles. The molecule has 1 aromatic carbocycles. The van der Waals surface area contributed by atoms with Gasteiger partial charge in [-0.25, -0.2) is 0 Å². The molecular weight excluding hydrogens is 228 g/mol. The number of benzene rings is 1. The Kier molecular flexibility index (Phi) is 4.67. The number of hydrogen-bond donors (Lipinski definition) is 2. The van der Waals surface area contributed by atoms with E-state index in [0.29, 0.717) is 0 Å². The van der Waals surface area contributed by atoms with Crippen LogP contribution in [0.2, 0.25) is 0 Å². The van der Waals surface area contributed by atoms with Crippen LogP contribution in [0.15, 0.2) is 47.1 Å². The fourth-order valence-electron chi connectivity index (χ4n) is 1.65. The van der Waals surface area contributed by atoms with E-state index in [0.717, 1.165) is 36.8 Å². The standard InChI is InChI=1S/C14H18N2O2/c1-17-13-5-2-4-12(10-13)16-8-7-15-11-14-6-3-9-18-14/h2-6,9-10,15-16H,7-8,11H2,1H3. The average molecular weight is 246 g/mol. The summed E-state index contributed by atoms with van der Waals surface area (Å²) in [6.45, 7) is 2.48. The highest BCUT2D eigenvalue weighted by Crippen LogP contribution is 2.16. The molecule has 1 heterocycles. The van der Waals surface area contributed by atoms with E-state index in [1.165, 1.54) is 0 Å². The second-order valence-electron chi connectivity index (χ2n) is 3.91. The van der Waals surface area contributed by atoms with Crippen LogP contribution in [0.5, 0.6) is 5.75 Å². The van der Waals surface area contributed by atoms with Gasteiger partial charge in [0.2, 0.25) is 0 Å². The zero-order valence-corrected chi connectivity index (χ0v) is 10.5. The SMILES string of the molecule is COc1cccc(NCCNCc2ccco2)c1. The van der Waals surface area contributed by atoms with Crippen LogP contribution in [0, 0.1) is 0 Å². The molecule has 0 bridgehead atoms. The summed E-state index contributed by atoms with van der Waals surface area (Å²) in [4.78, 5) is 0. The van der Waals surface area contributed by atoms with Crippen LogP contribution in [0.1, 0.15) is 5.76 Å². The van der Waals surface area contributed by atoms with E-state index in [2.05, 4.69) is 10.6 Å². The van der Waals surface area contributed by atoms with Crippen LogP contribution in [0.25, 0.3) is 0 Å². The lowest BCUT2D eigenvalue weighted by Crippen LogP contribution is -2.21. The molecular formula is C14H18N2O2. The fraction of sp³-hybridized carbons (Fsp3) is 0.286. The molecule has 0 atom stereocenters. The van der Waals surface area contributed by atoms with Crippen molar-refractivity contribution in [1.82, 2.24) is 5.32 Å². The van der Waals surface area contributed by atoms with Gasteiger partial charge < -0.3 is 19.8 Å². The first-order valence-corrected chi connectivity index (χ1v) is 5.99. The third-order valence-electron chi connectivity index (χ3n) is 2.58. The van der Waals surface area contributed by atoms with Gasteiger partial charge in [0.15, 0.2) is 0 Å². The van der Waals surface area contributed by atoms with Crippen LogP contribution >= 0.6 is 0 Å². The predicted octanol–water partition coefficient (Wildman–Crippen LogP) is 2.49. The lowest BCUT2D eigenvalue weighted by molar-refractivity contribution is 0.415. The molecule has 0 aliphatic rings.